The zero-order valence-electron chi connectivity index (χ0n) is 8.18. The van der Waals surface area contributed by atoms with E-state index in [0.29, 0.717) is 18.5 Å². The molecule has 0 saturated carbocycles. The summed E-state index contributed by atoms with van der Waals surface area (Å²) in [4.78, 5) is 21.2. The highest BCUT2D eigenvalue weighted by Gasteiger charge is 2.23. The molecule has 1 aliphatic rings. The summed E-state index contributed by atoms with van der Waals surface area (Å²) >= 11 is 0. The maximum atomic E-state index is 10.9. The van der Waals surface area contributed by atoms with Gasteiger partial charge in [0.25, 0.3) is 0 Å². The van der Waals surface area contributed by atoms with E-state index >= 15 is 0 Å². The first-order chi connectivity index (χ1) is 7.28. The molecule has 4 heteroatoms. The number of benzene rings is 1. The number of carbonyl (C=O) groups excluding carboxylic acids is 1. The number of esters is 1. The van der Waals surface area contributed by atoms with Crippen molar-refractivity contribution in [2.45, 2.75) is 25.4 Å². The van der Waals surface area contributed by atoms with E-state index in [4.69, 9.17) is 4.74 Å². The molecule has 1 heterocycles. The third-order valence-electron chi connectivity index (χ3n) is 2.45. The molecule has 1 aromatic carbocycles. The van der Waals surface area contributed by atoms with Gasteiger partial charge in [-0.25, -0.2) is 0 Å². The quantitative estimate of drug-likeness (QED) is 0.562. The molecule has 0 amide bonds. The van der Waals surface area contributed by atoms with Gasteiger partial charge < -0.3 is 4.74 Å². The van der Waals surface area contributed by atoms with E-state index in [1.54, 1.807) is 18.2 Å². The predicted octanol–water partition coefficient (Wildman–Crippen LogP) is 2.33. The Morgan fingerprint density at radius 1 is 1.47 bits per heavy atom. The van der Waals surface area contributed by atoms with Gasteiger partial charge in [-0.3, -0.25) is 4.79 Å². The van der Waals surface area contributed by atoms with Crippen LogP contribution in [-0.2, 0) is 16.0 Å². The van der Waals surface area contributed by atoms with Crippen LogP contribution in [0, 0.1) is 4.91 Å². The summed E-state index contributed by atoms with van der Waals surface area (Å²) in [7, 11) is 0. The number of nitroso groups, excluding NO2 is 1. The molecule has 0 aliphatic carbocycles. The van der Waals surface area contributed by atoms with Gasteiger partial charge in [0.2, 0.25) is 0 Å². The van der Waals surface area contributed by atoms with E-state index in [1.807, 2.05) is 6.07 Å². The predicted molar refractivity (Wildman–Crippen MR) is 54.7 cm³/mol. The molecule has 1 aromatic rings. The monoisotopic (exact) mass is 205 g/mol. The lowest BCUT2D eigenvalue weighted by Crippen LogP contribution is -2.10. The molecule has 78 valence electrons. The Kier molecular flexibility index (Phi) is 2.76. The van der Waals surface area contributed by atoms with Crippen LogP contribution in [0.3, 0.4) is 0 Å². The topological polar surface area (TPSA) is 55.7 Å². The number of nitrogens with zero attached hydrogens (tertiary/aromatic N) is 1. The summed E-state index contributed by atoms with van der Waals surface area (Å²) in [5.74, 6) is -0.135. The third kappa shape index (κ3) is 2.40. The number of carbonyl (C=O) groups is 1. The third-order valence-corrected chi connectivity index (χ3v) is 2.45. The summed E-state index contributed by atoms with van der Waals surface area (Å²) in [6, 6.07) is 7.06. The van der Waals surface area contributed by atoms with Crippen LogP contribution in [0.1, 0.15) is 18.4 Å². The van der Waals surface area contributed by atoms with Crippen LogP contribution in [0.25, 0.3) is 0 Å². The summed E-state index contributed by atoms with van der Waals surface area (Å²) in [5.41, 5.74) is 1.39. The average molecular weight is 205 g/mol. The molecule has 0 aromatic heterocycles. The van der Waals surface area contributed by atoms with Crippen LogP contribution < -0.4 is 0 Å². The SMILES string of the molecule is O=Nc1cccc(CC2CCC(=O)O2)c1. The van der Waals surface area contributed by atoms with Crippen LogP contribution >= 0.6 is 0 Å². The van der Waals surface area contributed by atoms with E-state index in [-0.39, 0.29) is 12.1 Å². The first kappa shape index (κ1) is 9.83. The van der Waals surface area contributed by atoms with Crippen molar-refractivity contribution in [1.82, 2.24) is 0 Å². The lowest BCUT2D eigenvalue weighted by Gasteiger charge is -2.08. The van der Waals surface area contributed by atoms with Crippen LogP contribution in [0.15, 0.2) is 29.4 Å². The Labute approximate surface area is 87.2 Å². The zero-order valence-corrected chi connectivity index (χ0v) is 8.18. The van der Waals surface area contributed by atoms with E-state index in [2.05, 4.69) is 5.18 Å². The van der Waals surface area contributed by atoms with E-state index in [9.17, 15) is 9.70 Å². The highest BCUT2D eigenvalue weighted by Crippen LogP contribution is 2.20. The maximum Gasteiger partial charge on any atom is 0.306 e. The van der Waals surface area contributed by atoms with Crippen LogP contribution in [0.4, 0.5) is 5.69 Å². The number of hydrogen-bond donors (Lipinski definition) is 0. The molecular formula is C11H11NO3. The maximum absolute atomic E-state index is 10.9. The fourth-order valence-corrected chi connectivity index (χ4v) is 1.73. The lowest BCUT2D eigenvalue weighted by molar-refractivity contribution is -0.141. The minimum absolute atomic E-state index is 0.0422. The summed E-state index contributed by atoms with van der Waals surface area (Å²) < 4.78 is 5.09. The molecule has 15 heavy (non-hydrogen) atoms. The molecule has 0 spiro atoms. The van der Waals surface area contributed by atoms with Crippen molar-refractivity contribution < 1.29 is 9.53 Å². The largest absolute Gasteiger partial charge is 0.462 e. The molecule has 2 rings (SSSR count). The van der Waals surface area contributed by atoms with Crippen molar-refractivity contribution in [3.05, 3.63) is 34.7 Å². The molecule has 1 fully saturated rings. The average Bonchev–Trinajstić information content (AvgIpc) is 2.64. The molecule has 4 nitrogen and oxygen atoms in total. The van der Waals surface area contributed by atoms with Crippen LogP contribution in [0.2, 0.25) is 0 Å². The summed E-state index contributed by atoms with van der Waals surface area (Å²) in [6.07, 6.45) is 1.88. The van der Waals surface area contributed by atoms with E-state index < -0.39 is 0 Å². The van der Waals surface area contributed by atoms with E-state index in [0.717, 1.165) is 12.0 Å². The number of ether oxygens (including phenoxy) is 1. The van der Waals surface area contributed by atoms with Gasteiger partial charge >= 0.3 is 5.97 Å². The molecule has 0 bridgehead atoms. The van der Waals surface area contributed by atoms with E-state index in [1.165, 1.54) is 0 Å². The Morgan fingerprint density at radius 3 is 3.00 bits per heavy atom. The molecule has 0 N–H and O–H groups in total. The zero-order chi connectivity index (χ0) is 10.7. The minimum Gasteiger partial charge on any atom is -0.462 e. The summed E-state index contributed by atoms with van der Waals surface area (Å²) in [6.45, 7) is 0. The van der Waals surface area contributed by atoms with Gasteiger partial charge in [-0.2, -0.15) is 0 Å². The molecule has 0 radical (unpaired) electrons. The van der Waals surface area contributed by atoms with Gasteiger partial charge in [-0.05, 0) is 29.3 Å². The fourth-order valence-electron chi connectivity index (χ4n) is 1.73. The van der Waals surface area contributed by atoms with Crippen molar-refractivity contribution in [2.75, 3.05) is 0 Å². The molecule has 1 atom stereocenters. The number of hydrogen-bond acceptors (Lipinski definition) is 4. The molecule has 1 saturated heterocycles. The van der Waals surface area contributed by atoms with Crippen molar-refractivity contribution in [3.63, 3.8) is 0 Å². The Hall–Kier alpha value is -1.71. The van der Waals surface area contributed by atoms with Crippen LogP contribution in [0.5, 0.6) is 0 Å². The second kappa shape index (κ2) is 4.21. The number of rotatable bonds is 3. The Balaban J connectivity index is 2.04. The fraction of sp³-hybridized carbons (Fsp3) is 0.364. The first-order valence-corrected chi connectivity index (χ1v) is 4.90. The van der Waals surface area contributed by atoms with Crippen molar-refractivity contribution in [3.8, 4) is 0 Å². The highest BCUT2D eigenvalue weighted by atomic mass is 16.5. The Bertz CT molecular complexity index is 389. The van der Waals surface area contributed by atoms with Crippen molar-refractivity contribution in [2.24, 2.45) is 5.18 Å². The van der Waals surface area contributed by atoms with Crippen molar-refractivity contribution in [1.29, 1.82) is 0 Å². The second-order valence-corrected chi connectivity index (χ2v) is 3.62. The number of cyclic esters (lactones) is 1. The molecule has 1 unspecified atom stereocenters. The highest BCUT2D eigenvalue weighted by molar-refractivity contribution is 5.71. The lowest BCUT2D eigenvalue weighted by atomic mass is 10.1. The van der Waals surface area contributed by atoms with Crippen LogP contribution in [-0.4, -0.2) is 12.1 Å². The van der Waals surface area contributed by atoms with Gasteiger partial charge in [-0.1, -0.05) is 12.1 Å². The second-order valence-electron chi connectivity index (χ2n) is 3.62. The van der Waals surface area contributed by atoms with Gasteiger partial charge in [0.15, 0.2) is 0 Å². The van der Waals surface area contributed by atoms with Gasteiger partial charge in [0.05, 0.1) is 0 Å². The molecular weight excluding hydrogens is 194 g/mol. The standard InChI is InChI=1S/C11H11NO3/c13-11-5-4-10(15-11)7-8-2-1-3-9(6-8)12-14/h1-3,6,10H,4-5,7H2. The Morgan fingerprint density at radius 2 is 2.33 bits per heavy atom. The first-order valence-electron chi connectivity index (χ1n) is 4.90. The normalized spacial score (nSPS) is 20.0. The summed E-state index contributed by atoms with van der Waals surface area (Å²) in [5, 5.41) is 2.86. The van der Waals surface area contributed by atoms with Crippen molar-refractivity contribution >= 4 is 11.7 Å². The van der Waals surface area contributed by atoms with Gasteiger partial charge in [0, 0.05) is 12.8 Å². The van der Waals surface area contributed by atoms with Gasteiger partial charge in [0.1, 0.15) is 11.8 Å². The van der Waals surface area contributed by atoms with Gasteiger partial charge in [-0.15, -0.1) is 4.91 Å². The molecule has 1 aliphatic heterocycles. The smallest absolute Gasteiger partial charge is 0.306 e. The minimum atomic E-state index is -0.135.